The van der Waals surface area contributed by atoms with E-state index in [4.69, 9.17) is 15.2 Å². The van der Waals surface area contributed by atoms with Gasteiger partial charge in [-0.2, -0.15) is 0 Å². The molecule has 1 aromatic carbocycles. The van der Waals surface area contributed by atoms with Crippen LogP contribution in [0.15, 0.2) is 12.1 Å². The largest absolute Gasteiger partial charge is 0.379 e. The normalized spacial score (nSPS) is 22.1. The predicted octanol–water partition coefficient (Wildman–Crippen LogP) is -0.371. The smallest absolute Gasteiger partial charge is 0.244 e. The number of ether oxygens (including phenoxy) is 2. The number of nitrogens with zero attached hydrogens (tertiary/aromatic N) is 2. The quantitative estimate of drug-likeness (QED) is 0.457. The highest BCUT2D eigenvalue weighted by molar-refractivity contribution is 5.89. The van der Waals surface area contributed by atoms with Crippen molar-refractivity contribution >= 4 is 11.8 Å². The van der Waals surface area contributed by atoms with E-state index < -0.39 is 29.5 Å². The molecule has 3 saturated heterocycles. The Bertz CT molecular complexity index is 841. The molecule has 0 bridgehead atoms. The molecule has 35 heavy (non-hydrogen) atoms. The second kappa shape index (κ2) is 13.7. The number of halogens is 3. The molecule has 0 radical (unpaired) electrons. The number of hydrogen-bond donors (Lipinski definition) is 3. The fraction of sp³-hybridized carbons (Fsp3) is 0.652. The van der Waals surface area contributed by atoms with Crippen molar-refractivity contribution in [3.05, 3.63) is 35.1 Å². The number of nitrogens with one attached hydrogen (secondary N) is 2. The van der Waals surface area contributed by atoms with E-state index in [1.165, 1.54) is 4.90 Å². The van der Waals surface area contributed by atoms with Crippen LogP contribution in [-0.2, 0) is 25.5 Å². The molecule has 2 amide bonds. The molecule has 4 N–H and O–H groups in total. The van der Waals surface area contributed by atoms with Gasteiger partial charge in [0.2, 0.25) is 11.8 Å². The topological polar surface area (TPSA) is 109 Å². The summed E-state index contributed by atoms with van der Waals surface area (Å²) in [7, 11) is 0. The lowest BCUT2D eigenvalue weighted by Gasteiger charge is -2.39. The standard InChI is InChI=1S/C19H25F3N4O3.C4H9NO/c20-14-10-16(22)15(21)8-12(14)7-13(23)9-18(27)26-2-1-24-19(28)17(26)11-25-3-5-29-6-4-25;1-3-6-4-2-5-1/h8,10,13,17H,1-7,9,11,23H2,(H,24,28);5H,1-4H2/t13-,17-;/m1./s1. The second-order valence-electron chi connectivity index (χ2n) is 8.70. The predicted molar refractivity (Wildman–Crippen MR) is 122 cm³/mol. The summed E-state index contributed by atoms with van der Waals surface area (Å²) in [4.78, 5) is 28.7. The van der Waals surface area contributed by atoms with Gasteiger partial charge in [0.05, 0.1) is 26.4 Å². The Hall–Kier alpha value is -2.25. The summed E-state index contributed by atoms with van der Waals surface area (Å²) in [6, 6.07) is -0.214. The fourth-order valence-electron chi connectivity index (χ4n) is 4.16. The van der Waals surface area contributed by atoms with Gasteiger partial charge in [0.15, 0.2) is 11.6 Å². The summed E-state index contributed by atoms with van der Waals surface area (Å²) in [5, 5.41) is 5.93. The molecule has 3 fully saturated rings. The number of rotatable bonds is 6. The highest BCUT2D eigenvalue weighted by Crippen LogP contribution is 2.17. The molecule has 0 unspecified atom stereocenters. The molecule has 0 aromatic heterocycles. The maximum Gasteiger partial charge on any atom is 0.244 e. The van der Waals surface area contributed by atoms with Crippen LogP contribution in [-0.4, -0.2) is 106 Å². The minimum atomic E-state index is -1.28. The minimum Gasteiger partial charge on any atom is -0.379 e. The lowest BCUT2D eigenvalue weighted by atomic mass is 10.0. The van der Waals surface area contributed by atoms with Gasteiger partial charge in [-0.3, -0.25) is 14.5 Å². The molecular formula is C23H34F3N5O4. The molecule has 3 heterocycles. The van der Waals surface area contributed by atoms with Gasteiger partial charge >= 0.3 is 0 Å². The number of piperazine rings is 1. The van der Waals surface area contributed by atoms with Crippen LogP contribution in [0.4, 0.5) is 13.2 Å². The zero-order chi connectivity index (χ0) is 25.2. The lowest BCUT2D eigenvalue weighted by Crippen LogP contribution is -2.61. The number of nitrogens with two attached hydrogens (primary N) is 1. The number of carbonyl (C=O) groups excluding carboxylic acids is 2. The summed E-state index contributed by atoms with van der Waals surface area (Å²) in [6.07, 6.45) is -0.256. The molecular weight excluding hydrogens is 467 g/mol. The van der Waals surface area contributed by atoms with Crippen molar-refractivity contribution < 1.29 is 32.2 Å². The average molecular weight is 502 g/mol. The maximum absolute atomic E-state index is 13.8. The Morgan fingerprint density at radius 2 is 1.66 bits per heavy atom. The van der Waals surface area contributed by atoms with Crippen LogP contribution in [0.3, 0.4) is 0 Å². The molecule has 1 aromatic rings. The lowest BCUT2D eigenvalue weighted by molar-refractivity contribution is -0.144. The molecule has 12 heteroatoms. The van der Waals surface area contributed by atoms with Crippen LogP contribution in [0.25, 0.3) is 0 Å². The summed E-state index contributed by atoms with van der Waals surface area (Å²) in [5.41, 5.74) is 5.88. The molecule has 2 atom stereocenters. The third-order valence-electron chi connectivity index (χ3n) is 6.04. The van der Waals surface area contributed by atoms with E-state index in [9.17, 15) is 22.8 Å². The Morgan fingerprint density at radius 3 is 2.29 bits per heavy atom. The Kier molecular flexibility index (Phi) is 10.7. The minimum absolute atomic E-state index is 0.0922. The van der Waals surface area contributed by atoms with Crippen LogP contribution in [0.1, 0.15) is 12.0 Å². The Balaban J connectivity index is 0.000000497. The first-order chi connectivity index (χ1) is 16.8. The van der Waals surface area contributed by atoms with Crippen molar-refractivity contribution in [1.82, 2.24) is 20.4 Å². The number of hydrogen-bond acceptors (Lipinski definition) is 7. The van der Waals surface area contributed by atoms with Crippen LogP contribution in [0.2, 0.25) is 0 Å². The maximum atomic E-state index is 13.8. The number of amides is 2. The summed E-state index contributed by atoms with van der Waals surface area (Å²) >= 11 is 0. The average Bonchev–Trinajstić information content (AvgIpc) is 2.86. The SMILES string of the molecule is C1COCCN1.N[C@@H](CC(=O)N1CCNC(=O)[C@H]1CN1CCOCC1)Cc1cc(F)c(F)cc1F. The highest BCUT2D eigenvalue weighted by Gasteiger charge is 2.35. The zero-order valence-electron chi connectivity index (χ0n) is 19.7. The third kappa shape index (κ3) is 8.43. The molecule has 0 aliphatic carbocycles. The van der Waals surface area contributed by atoms with Crippen molar-refractivity contribution in [1.29, 1.82) is 0 Å². The molecule has 0 saturated carbocycles. The molecule has 0 spiro atoms. The zero-order valence-corrected chi connectivity index (χ0v) is 19.7. The van der Waals surface area contributed by atoms with Gasteiger partial charge in [-0.25, -0.2) is 13.2 Å². The van der Waals surface area contributed by atoms with E-state index in [1.54, 1.807) is 0 Å². The van der Waals surface area contributed by atoms with Gasteiger partial charge < -0.3 is 30.7 Å². The van der Waals surface area contributed by atoms with Crippen LogP contribution in [0.5, 0.6) is 0 Å². The van der Waals surface area contributed by atoms with E-state index in [2.05, 4.69) is 15.5 Å². The first kappa shape index (κ1) is 27.3. The first-order valence-electron chi connectivity index (χ1n) is 11.9. The molecule has 196 valence electrons. The first-order valence-corrected chi connectivity index (χ1v) is 11.9. The summed E-state index contributed by atoms with van der Waals surface area (Å²) in [6.45, 7) is 7.44. The summed E-state index contributed by atoms with van der Waals surface area (Å²) in [5.74, 6) is -3.90. The molecule has 3 aliphatic rings. The van der Waals surface area contributed by atoms with Crippen molar-refractivity contribution in [2.45, 2.75) is 24.9 Å². The van der Waals surface area contributed by atoms with Gasteiger partial charge in [0.1, 0.15) is 11.9 Å². The van der Waals surface area contributed by atoms with E-state index >= 15 is 0 Å². The monoisotopic (exact) mass is 501 g/mol. The summed E-state index contributed by atoms with van der Waals surface area (Å²) < 4.78 is 50.6. The molecule has 4 rings (SSSR count). The van der Waals surface area contributed by atoms with Crippen LogP contribution >= 0.6 is 0 Å². The van der Waals surface area contributed by atoms with Crippen molar-refractivity contribution in [2.75, 3.05) is 72.2 Å². The molecule has 9 nitrogen and oxygen atoms in total. The third-order valence-corrected chi connectivity index (χ3v) is 6.04. The van der Waals surface area contributed by atoms with E-state index in [1.807, 2.05) is 0 Å². The van der Waals surface area contributed by atoms with Gasteiger partial charge in [-0.05, 0) is 18.1 Å². The van der Waals surface area contributed by atoms with Crippen LogP contribution < -0.4 is 16.4 Å². The fourth-order valence-corrected chi connectivity index (χ4v) is 4.16. The Morgan fingerprint density at radius 1 is 1.00 bits per heavy atom. The van der Waals surface area contributed by atoms with Gasteiger partial charge in [0.25, 0.3) is 0 Å². The van der Waals surface area contributed by atoms with Crippen molar-refractivity contribution in [2.24, 2.45) is 5.73 Å². The second-order valence-corrected chi connectivity index (χ2v) is 8.70. The van der Waals surface area contributed by atoms with E-state index in [0.29, 0.717) is 52.0 Å². The van der Waals surface area contributed by atoms with Crippen LogP contribution in [0, 0.1) is 17.5 Å². The van der Waals surface area contributed by atoms with Crippen molar-refractivity contribution in [3.8, 4) is 0 Å². The van der Waals surface area contributed by atoms with Gasteiger partial charge in [-0.1, -0.05) is 0 Å². The highest BCUT2D eigenvalue weighted by atomic mass is 19.2. The van der Waals surface area contributed by atoms with E-state index in [-0.39, 0.29) is 30.2 Å². The number of benzene rings is 1. The Labute approximate surface area is 203 Å². The number of morpholine rings is 2. The van der Waals surface area contributed by atoms with Gasteiger partial charge in [0, 0.05) is 64.3 Å². The van der Waals surface area contributed by atoms with Gasteiger partial charge in [-0.15, -0.1) is 0 Å². The van der Waals surface area contributed by atoms with Crippen molar-refractivity contribution in [3.63, 3.8) is 0 Å². The molecule has 3 aliphatic heterocycles. The number of carbonyl (C=O) groups is 2. The van der Waals surface area contributed by atoms with E-state index in [0.717, 1.165) is 32.4 Å².